The van der Waals surface area contributed by atoms with E-state index < -0.39 is 5.41 Å². The second-order valence-electron chi connectivity index (χ2n) is 14.0. The normalized spacial score (nSPS) is 29.6. The SMILES string of the molecule is CC(=O)C1=C(C)CC2(C)CC3(C)Cc4c(N(C)C)cc(CCC5=CC(C)=CC5)c(C)c4C(=O)C3=C(C)C2(C)C1=O. The maximum Gasteiger partial charge on any atom is 0.190 e. The Morgan fingerprint density at radius 1 is 1.00 bits per heavy atom. The molecular weight excluding hydrogens is 494 g/mol. The Labute approximate surface area is 240 Å². The lowest BCUT2D eigenvalue weighted by Crippen LogP contribution is -2.57. The number of ketones is 3. The quantitative estimate of drug-likeness (QED) is 0.361. The van der Waals surface area contributed by atoms with E-state index >= 15 is 0 Å². The molecular formula is C36H45NO3. The smallest absolute Gasteiger partial charge is 0.190 e. The Morgan fingerprint density at radius 3 is 2.25 bits per heavy atom. The molecule has 212 valence electrons. The Bertz CT molecular complexity index is 1510. The predicted molar refractivity (Wildman–Crippen MR) is 163 cm³/mol. The minimum Gasteiger partial charge on any atom is -0.377 e. The van der Waals surface area contributed by atoms with E-state index in [4.69, 9.17) is 0 Å². The van der Waals surface area contributed by atoms with Gasteiger partial charge in [0.15, 0.2) is 17.3 Å². The molecule has 0 aliphatic heterocycles. The molecule has 40 heavy (non-hydrogen) atoms. The van der Waals surface area contributed by atoms with Gasteiger partial charge in [0.05, 0.1) is 11.0 Å². The van der Waals surface area contributed by atoms with Crippen LogP contribution in [0, 0.1) is 23.2 Å². The van der Waals surface area contributed by atoms with Crippen molar-refractivity contribution < 1.29 is 14.4 Å². The molecule has 4 aliphatic rings. The molecule has 5 rings (SSSR count). The van der Waals surface area contributed by atoms with Crippen LogP contribution in [0.25, 0.3) is 0 Å². The molecule has 0 saturated heterocycles. The highest BCUT2D eigenvalue weighted by atomic mass is 16.2. The van der Waals surface area contributed by atoms with Crippen LogP contribution in [0.15, 0.2) is 51.7 Å². The van der Waals surface area contributed by atoms with Gasteiger partial charge in [0, 0.05) is 36.3 Å². The molecule has 0 spiro atoms. The molecule has 0 radical (unpaired) electrons. The molecule has 0 heterocycles. The van der Waals surface area contributed by atoms with Crippen LogP contribution in [-0.4, -0.2) is 31.4 Å². The topological polar surface area (TPSA) is 54.5 Å². The van der Waals surface area contributed by atoms with Crippen LogP contribution in [0.2, 0.25) is 0 Å². The summed E-state index contributed by atoms with van der Waals surface area (Å²) in [5, 5.41) is 0. The fourth-order valence-corrected chi connectivity index (χ4v) is 8.88. The van der Waals surface area contributed by atoms with E-state index in [0.717, 1.165) is 71.2 Å². The van der Waals surface area contributed by atoms with Crippen molar-refractivity contribution >= 4 is 23.0 Å². The number of Topliss-reactive ketones (excluding diaryl/α,β-unsaturated/α-hetero) is 3. The van der Waals surface area contributed by atoms with Gasteiger partial charge in [-0.15, -0.1) is 0 Å². The van der Waals surface area contributed by atoms with E-state index in [9.17, 15) is 14.4 Å². The zero-order valence-electron chi connectivity index (χ0n) is 26.1. The Kier molecular flexibility index (Phi) is 6.60. The van der Waals surface area contributed by atoms with Gasteiger partial charge in [-0.1, -0.05) is 48.3 Å². The summed E-state index contributed by atoms with van der Waals surface area (Å²) < 4.78 is 0. The molecule has 0 aromatic heterocycles. The standard InChI is InChI=1S/C36H45NO3/c1-20-11-12-25(15-20)13-14-26-16-28(37(9)10)27-18-34(6)19-35(7)17-21(2)29(24(5)38)33(40)36(35,8)23(4)31(34)32(39)30(27)22(26)3/h11,15-16H,12-14,17-19H2,1-10H3. The summed E-state index contributed by atoms with van der Waals surface area (Å²) in [6.07, 6.45) is 9.65. The number of rotatable bonds is 5. The highest BCUT2D eigenvalue weighted by Gasteiger charge is 2.63. The number of aryl methyl sites for hydroxylation is 1. The maximum atomic E-state index is 14.7. The van der Waals surface area contributed by atoms with Crippen molar-refractivity contribution in [1.29, 1.82) is 0 Å². The summed E-state index contributed by atoms with van der Waals surface area (Å²) in [7, 11) is 4.14. The maximum absolute atomic E-state index is 14.7. The summed E-state index contributed by atoms with van der Waals surface area (Å²) in [5.41, 5.74) is 9.42. The van der Waals surface area contributed by atoms with Gasteiger partial charge in [0.25, 0.3) is 0 Å². The van der Waals surface area contributed by atoms with Crippen molar-refractivity contribution in [2.24, 2.45) is 16.2 Å². The van der Waals surface area contributed by atoms with Crippen molar-refractivity contribution in [2.45, 2.75) is 93.9 Å². The minimum atomic E-state index is -0.884. The third-order valence-electron chi connectivity index (χ3n) is 10.9. The first-order chi connectivity index (χ1) is 18.6. The van der Waals surface area contributed by atoms with E-state index in [1.54, 1.807) is 0 Å². The van der Waals surface area contributed by atoms with E-state index in [-0.39, 0.29) is 28.2 Å². The average molecular weight is 540 g/mol. The number of fused-ring (bicyclic) bond motifs is 3. The first-order valence-corrected chi connectivity index (χ1v) is 14.8. The van der Waals surface area contributed by atoms with Crippen LogP contribution >= 0.6 is 0 Å². The van der Waals surface area contributed by atoms with Gasteiger partial charge in [0.2, 0.25) is 0 Å². The number of allylic oxidation sites excluding steroid dienone is 8. The van der Waals surface area contributed by atoms with Gasteiger partial charge in [-0.05, 0) is 108 Å². The Balaban J connectivity index is 1.68. The summed E-state index contributed by atoms with van der Waals surface area (Å²) >= 11 is 0. The number of carbonyl (C=O) groups is 3. The molecule has 0 bridgehead atoms. The van der Waals surface area contributed by atoms with Gasteiger partial charge in [-0.25, -0.2) is 0 Å². The molecule has 4 heteroatoms. The monoisotopic (exact) mass is 539 g/mol. The summed E-state index contributed by atoms with van der Waals surface area (Å²) in [4.78, 5) is 43.6. The first-order valence-electron chi connectivity index (χ1n) is 14.8. The molecule has 4 aliphatic carbocycles. The molecule has 0 saturated carbocycles. The van der Waals surface area contributed by atoms with Crippen molar-refractivity contribution in [3.05, 3.63) is 73.9 Å². The molecule has 0 N–H and O–H groups in total. The molecule has 1 aromatic carbocycles. The summed E-state index contributed by atoms with van der Waals surface area (Å²) in [6, 6.07) is 2.31. The van der Waals surface area contributed by atoms with Crippen LogP contribution in [0.4, 0.5) is 5.69 Å². The molecule has 3 atom stereocenters. The number of anilines is 1. The highest BCUT2D eigenvalue weighted by Crippen LogP contribution is 2.66. The van der Waals surface area contributed by atoms with E-state index in [2.05, 4.69) is 64.9 Å². The average Bonchev–Trinajstić information content (AvgIpc) is 3.25. The second kappa shape index (κ2) is 9.26. The molecule has 0 amide bonds. The fraction of sp³-hybridized carbons (Fsp3) is 0.528. The van der Waals surface area contributed by atoms with Crippen molar-refractivity contribution in [3.63, 3.8) is 0 Å². The van der Waals surface area contributed by atoms with Gasteiger partial charge in [-0.3, -0.25) is 14.4 Å². The lowest BCUT2D eigenvalue weighted by atomic mass is 9.42. The van der Waals surface area contributed by atoms with Gasteiger partial charge in [0.1, 0.15) is 0 Å². The van der Waals surface area contributed by atoms with Crippen LogP contribution in [-0.2, 0) is 22.4 Å². The largest absolute Gasteiger partial charge is 0.377 e. The number of hydrogen-bond acceptors (Lipinski definition) is 4. The third kappa shape index (κ3) is 3.89. The lowest BCUT2D eigenvalue weighted by Gasteiger charge is -2.59. The van der Waals surface area contributed by atoms with Crippen molar-refractivity contribution in [1.82, 2.24) is 0 Å². The van der Waals surface area contributed by atoms with Gasteiger partial charge >= 0.3 is 0 Å². The van der Waals surface area contributed by atoms with Crippen LogP contribution < -0.4 is 4.90 Å². The van der Waals surface area contributed by atoms with Gasteiger partial charge in [-0.2, -0.15) is 0 Å². The zero-order valence-corrected chi connectivity index (χ0v) is 26.1. The van der Waals surface area contributed by atoms with Gasteiger partial charge < -0.3 is 4.90 Å². The zero-order chi connectivity index (χ0) is 29.5. The predicted octanol–water partition coefficient (Wildman–Crippen LogP) is 7.63. The minimum absolute atomic E-state index is 0.0769. The van der Waals surface area contributed by atoms with Crippen LogP contribution in [0.1, 0.15) is 101 Å². The molecule has 1 aromatic rings. The summed E-state index contributed by atoms with van der Waals surface area (Å²) in [6.45, 7) is 16.1. The number of hydrogen-bond donors (Lipinski definition) is 0. The fourth-order valence-electron chi connectivity index (χ4n) is 8.88. The number of benzene rings is 1. The highest BCUT2D eigenvalue weighted by molar-refractivity contribution is 6.24. The van der Waals surface area contributed by atoms with E-state index in [1.807, 2.05) is 20.8 Å². The number of nitrogens with zero attached hydrogens (tertiary/aromatic N) is 1. The third-order valence-corrected chi connectivity index (χ3v) is 10.9. The number of carbonyl (C=O) groups excluding carboxylic acids is 3. The van der Waals surface area contributed by atoms with E-state index in [0.29, 0.717) is 12.0 Å². The first kappa shape index (κ1) is 28.5. The van der Waals surface area contributed by atoms with Crippen molar-refractivity contribution in [3.8, 4) is 0 Å². The van der Waals surface area contributed by atoms with Crippen LogP contribution in [0.5, 0.6) is 0 Å². The lowest BCUT2D eigenvalue weighted by molar-refractivity contribution is -0.134. The molecule has 3 unspecified atom stereocenters. The van der Waals surface area contributed by atoms with Crippen molar-refractivity contribution in [2.75, 3.05) is 19.0 Å². The molecule has 4 nitrogen and oxygen atoms in total. The Hall–Kier alpha value is -3.01. The van der Waals surface area contributed by atoms with Crippen LogP contribution in [0.3, 0.4) is 0 Å². The Morgan fingerprint density at radius 2 is 1.68 bits per heavy atom. The van der Waals surface area contributed by atoms with E-state index in [1.165, 1.54) is 23.6 Å². The molecule has 0 fully saturated rings. The summed E-state index contributed by atoms with van der Waals surface area (Å²) in [5.74, 6) is -0.200. The second-order valence-corrected chi connectivity index (χ2v) is 14.0.